The second-order valence-electron chi connectivity index (χ2n) is 7.28. The summed E-state index contributed by atoms with van der Waals surface area (Å²) in [5, 5.41) is 11.1. The molecule has 1 aliphatic heterocycles. The smallest absolute Gasteiger partial charge is 0.295 e. The highest BCUT2D eigenvalue weighted by Crippen LogP contribution is 2.41. The average molecular weight is 427 g/mol. The highest BCUT2D eigenvalue weighted by atomic mass is 19.1. The summed E-state index contributed by atoms with van der Waals surface area (Å²) in [7, 11) is 2.94. The highest BCUT2D eigenvalue weighted by Gasteiger charge is 2.46. The van der Waals surface area contributed by atoms with Gasteiger partial charge in [0.15, 0.2) is 0 Å². The van der Waals surface area contributed by atoms with E-state index in [4.69, 9.17) is 9.47 Å². The van der Waals surface area contributed by atoms with E-state index in [1.807, 2.05) is 31.2 Å². The summed E-state index contributed by atoms with van der Waals surface area (Å²) in [6.45, 7) is 2.72. The molecule has 1 saturated heterocycles. The standard InChI is InChI=1S/C24H26FNO5/c1-4-15-6-8-16(9-7-15)21-20(23(28)24(29)26(21)12-5-13-30-2)22(27)18-14-17(25)10-11-19(18)31-3/h6-11,14,21,27H,4-5,12-13H2,1-3H3/b22-20+. The molecule has 1 heterocycles. The molecule has 0 aromatic heterocycles. The lowest BCUT2D eigenvalue weighted by atomic mass is 9.94. The monoisotopic (exact) mass is 427 g/mol. The van der Waals surface area contributed by atoms with E-state index in [-0.39, 0.29) is 23.4 Å². The molecule has 7 heteroatoms. The number of rotatable bonds is 8. The molecule has 0 bridgehead atoms. The molecule has 1 atom stereocenters. The molecule has 6 nitrogen and oxygen atoms in total. The first kappa shape index (κ1) is 22.5. The molecule has 0 spiro atoms. The molecule has 2 aromatic carbocycles. The summed E-state index contributed by atoms with van der Waals surface area (Å²) in [5.74, 6) is -2.39. The van der Waals surface area contributed by atoms with Crippen LogP contribution in [0, 0.1) is 5.82 Å². The number of likely N-dealkylation sites (tertiary alicyclic amines) is 1. The van der Waals surface area contributed by atoms with E-state index in [0.29, 0.717) is 18.6 Å². The number of ketones is 1. The summed E-state index contributed by atoms with van der Waals surface area (Å²) in [4.78, 5) is 27.3. The molecule has 31 heavy (non-hydrogen) atoms. The molecule has 0 radical (unpaired) electrons. The maximum atomic E-state index is 13.9. The molecule has 1 aliphatic rings. The maximum Gasteiger partial charge on any atom is 0.295 e. The van der Waals surface area contributed by atoms with Gasteiger partial charge < -0.3 is 19.5 Å². The lowest BCUT2D eigenvalue weighted by molar-refractivity contribution is -0.140. The molecule has 1 unspecified atom stereocenters. The van der Waals surface area contributed by atoms with E-state index < -0.39 is 29.3 Å². The molecular formula is C24H26FNO5. The Hall–Kier alpha value is -3.19. The van der Waals surface area contributed by atoms with Crippen molar-refractivity contribution in [3.05, 3.63) is 70.5 Å². The van der Waals surface area contributed by atoms with Gasteiger partial charge in [-0.3, -0.25) is 9.59 Å². The van der Waals surface area contributed by atoms with Crippen molar-refractivity contribution in [3.63, 3.8) is 0 Å². The number of benzene rings is 2. The summed E-state index contributed by atoms with van der Waals surface area (Å²) in [6.07, 6.45) is 1.37. The third-order valence-electron chi connectivity index (χ3n) is 5.41. The number of hydrogen-bond donors (Lipinski definition) is 1. The van der Waals surface area contributed by atoms with Crippen LogP contribution < -0.4 is 4.74 Å². The van der Waals surface area contributed by atoms with Gasteiger partial charge in [0, 0.05) is 20.3 Å². The van der Waals surface area contributed by atoms with E-state index in [2.05, 4.69) is 0 Å². The second kappa shape index (κ2) is 9.75. The number of halogens is 1. The number of aliphatic hydroxyl groups excluding tert-OH is 1. The Labute approximate surface area is 180 Å². The Bertz CT molecular complexity index is 1000. The van der Waals surface area contributed by atoms with Gasteiger partial charge in [0.25, 0.3) is 11.7 Å². The molecule has 1 fully saturated rings. The van der Waals surface area contributed by atoms with Crippen LogP contribution in [-0.2, 0) is 20.7 Å². The molecule has 0 aliphatic carbocycles. The van der Waals surface area contributed by atoms with Gasteiger partial charge in [-0.1, -0.05) is 31.2 Å². The van der Waals surface area contributed by atoms with E-state index in [9.17, 15) is 19.1 Å². The number of amides is 1. The van der Waals surface area contributed by atoms with Crippen LogP contribution in [0.15, 0.2) is 48.0 Å². The Balaban J connectivity index is 2.17. The van der Waals surface area contributed by atoms with Gasteiger partial charge >= 0.3 is 0 Å². The van der Waals surface area contributed by atoms with Crippen molar-refractivity contribution < 1.29 is 28.6 Å². The topological polar surface area (TPSA) is 76.1 Å². The number of carbonyl (C=O) groups excluding carboxylic acids is 2. The number of carbonyl (C=O) groups is 2. The highest BCUT2D eigenvalue weighted by molar-refractivity contribution is 6.46. The Morgan fingerprint density at radius 3 is 2.45 bits per heavy atom. The van der Waals surface area contributed by atoms with Gasteiger partial charge in [0.2, 0.25) is 0 Å². The fourth-order valence-electron chi connectivity index (χ4n) is 3.78. The lowest BCUT2D eigenvalue weighted by Gasteiger charge is -2.25. The zero-order chi connectivity index (χ0) is 22.5. The fourth-order valence-corrected chi connectivity index (χ4v) is 3.78. The Kier molecular flexibility index (Phi) is 7.07. The van der Waals surface area contributed by atoms with Crippen LogP contribution in [0.1, 0.15) is 36.1 Å². The second-order valence-corrected chi connectivity index (χ2v) is 7.28. The fraction of sp³-hybridized carbons (Fsp3) is 0.333. The number of methoxy groups -OCH3 is 2. The minimum absolute atomic E-state index is 0.0209. The summed E-state index contributed by atoms with van der Waals surface area (Å²) < 4.78 is 24.2. The predicted octanol–water partition coefficient (Wildman–Crippen LogP) is 3.85. The van der Waals surface area contributed by atoms with Crippen LogP contribution in [0.2, 0.25) is 0 Å². The summed E-state index contributed by atoms with van der Waals surface area (Å²) in [5.41, 5.74) is 1.72. The molecule has 1 amide bonds. The molecular weight excluding hydrogens is 401 g/mol. The van der Waals surface area contributed by atoms with Crippen molar-refractivity contribution in [3.8, 4) is 5.75 Å². The van der Waals surface area contributed by atoms with Gasteiger partial charge in [0.05, 0.1) is 24.3 Å². The first-order valence-electron chi connectivity index (χ1n) is 10.1. The first-order valence-corrected chi connectivity index (χ1v) is 10.1. The third-order valence-corrected chi connectivity index (χ3v) is 5.41. The van der Waals surface area contributed by atoms with E-state index in [1.165, 1.54) is 24.1 Å². The molecule has 3 rings (SSSR count). The van der Waals surface area contributed by atoms with E-state index in [1.54, 1.807) is 7.11 Å². The van der Waals surface area contributed by atoms with Crippen molar-refractivity contribution in [1.82, 2.24) is 4.90 Å². The van der Waals surface area contributed by atoms with Gasteiger partial charge in [0.1, 0.15) is 17.3 Å². The van der Waals surface area contributed by atoms with Crippen LogP contribution in [0.4, 0.5) is 4.39 Å². The SMILES string of the molecule is CCc1ccc(C2/C(=C(\O)c3cc(F)ccc3OC)C(=O)C(=O)N2CCCOC)cc1. The largest absolute Gasteiger partial charge is 0.507 e. The molecule has 1 N–H and O–H groups in total. The lowest BCUT2D eigenvalue weighted by Crippen LogP contribution is -2.31. The molecule has 0 saturated carbocycles. The molecule has 164 valence electrons. The number of aryl methyl sites for hydroxylation is 1. The van der Waals surface area contributed by atoms with Crippen molar-refractivity contribution in [2.75, 3.05) is 27.4 Å². The maximum absolute atomic E-state index is 13.9. The van der Waals surface area contributed by atoms with Gasteiger partial charge in [-0.15, -0.1) is 0 Å². The number of Topliss-reactive ketones (excluding diaryl/α,β-unsaturated/α-hetero) is 1. The number of aliphatic hydroxyl groups is 1. The minimum Gasteiger partial charge on any atom is -0.507 e. The van der Waals surface area contributed by atoms with E-state index >= 15 is 0 Å². The minimum atomic E-state index is -0.814. The van der Waals surface area contributed by atoms with Crippen molar-refractivity contribution in [2.24, 2.45) is 0 Å². The van der Waals surface area contributed by atoms with Crippen molar-refractivity contribution in [1.29, 1.82) is 0 Å². The van der Waals surface area contributed by atoms with Crippen molar-refractivity contribution >= 4 is 17.4 Å². The predicted molar refractivity (Wildman–Crippen MR) is 114 cm³/mol. The van der Waals surface area contributed by atoms with Gasteiger partial charge in [-0.2, -0.15) is 0 Å². The summed E-state index contributed by atoms with van der Waals surface area (Å²) in [6, 6.07) is 10.4. The van der Waals surface area contributed by atoms with Gasteiger partial charge in [-0.25, -0.2) is 4.39 Å². The zero-order valence-electron chi connectivity index (χ0n) is 17.9. The summed E-state index contributed by atoms with van der Waals surface area (Å²) >= 11 is 0. The average Bonchev–Trinajstić information content (AvgIpc) is 3.03. The normalized spacial score (nSPS) is 17.9. The third kappa shape index (κ3) is 4.46. The zero-order valence-corrected chi connectivity index (χ0v) is 17.9. The van der Waals surface area contributed by atoms with Crippen LogP contribution in [-0.4, -0.2) is 49.1 Å². The van der Waals surface area contributed by atoms with Crippen LogP contribution in [0.25, 0.3) is 5.76 Å². The van der Waals surface area contributed by atoms with Crippen molar-refractivity contribution in [2.45, 2.75) is 25.8 Å². The number of nitrogens with zero attached hydrogens (tertiary/aromatic N) is 1. The Morgan fingerprint density at radius 2 is 1.84 bits per heavy atom. The number of ether oxygens (including phenoxy) is 2. The van der Waals surface area contributed by atoms with Crippen LogP contribution >= 0.6 is 0 Å². The molecule has 2 aromatic rings. The van der Waals surface area contributed by atoms with Crippen LogP contribution in [0.3, 0.4) is 0 Å². The van der Waals surface area contributed by atoms with E-state index in [0.717, 1.165) is 18.1 Å². The Morgan fingerprint density at radius 1 is 1.13 bits per heavy atom. The van der Waals surface area contributed by atoms with Gasteiger partial charge in [-0.05, 0) is 42.2 Å². The first-order chi connectivity index (χ1) is 14.9. The number of hydrogen-bond acceptors (Lipinski definition) is 5. The van der Waals surface area contributed by atoms with Crippen LogP contribution in [0.5, 0.6) is 5.75 Å². The quantitative estimate of drug-likeness (QED) is 0.300.